The van der Waals surface area contributed by atoms with Crippen molar-refractivity contribution in [1.82, 2.24) is 0 Å². The lowest BCUT2D eigenvalue weighted by Crippen LogP contribution is -2.29. The quantitative estimate of drug-likeness (QED) is 0.717. The molecule has 0 radical (unpaired) electrons. The summed E-state index contributed by atoms with van der Waals surface area (Å²) in [7, 11) is 0.105. The van der Waals surface area contributed by atoms with Crippen molar-refractivity contribution in [3.63, 3.8) is 0 Å². The maximum atomic E-state index is 8.74. The number of ether oxygens (including phenoxy) is 1. The molecule has 0 saturated heterocycles. The minimum Gasteiger partial charge on any atom is -0.497 e. The lowest BCUT2D eigenvalue weighted by Gasteiger charge is -2.01. The first-order valence-corrected chi connectivity index (χ1v) is 4.97. The van der Waals surface area contributed by atoms with Crippen molar-refractivity contribution in [1.29, 1.82) is 0 Å². The largest absolute Gasteiger partial charge is 0.497 e. The van der Waals surface area contributed by atoms with Crippen molar-refractivity contribution in [2.75, 3.05) is 7.11 Å². The number of methoxy groups -OCH3 is 1. The molecule has 2 N–H and O–H groups in total. The minimum absolute atomic E-state index is 0.435. The van der Waals surface area contributed by atoms with E-state index in [0.29, 0.717) is 11.2 Å². The summed E-state index contributed by atoms with van der Waals surface area (Å²) in [6.45, 7) is 6.50. The smallest absolute Gasteiger partial charge is 0.488 e. The van der Waals surface area contributed by atoms with E-state index in [1.165, 1.54) is 7.11 Å². The van der Waals surface area contributed by atoms with Crippen LogP contribution in [0.4, 0.5) is 0 Å². The van der Waals surface area contributed by atoms with Crippen LogP contribution in [0.2, 0.25) is 0 Å². The zero-order valence-electron chi connectivity index (χ0n) is 9.77. The van der Waals surface area contributed by atoms with Crippen LogP contribution in [-0.4, -0.2) is 24.3 Å². The van der Waals surface area contributed by atoms with Crippen molar-refractivity contribution in [3.8, 4) is 5.75 Å². The Morgan fingerprint density at radius 2 is 1.73 bits per heavy atom. The van der Waals surface area contributed by atoms with Gasteiger partial charge in [-0.15, -0.1) is 0 Å². The third-order valence-electron chi connectivity index (χ3n) is 1.39. The van der Waals surface area contributed by atoms with Crippen LogP contribution in [0, 0.1) is 5.92 Å². The molecule has 0 heterocycles. The Bertz CT molecular complexity index is 272. The third-order valence-corrected chi connectivity index (χ3v) is 1.39. The average Bonchev–Trinajstić information content (AvgIpc) is 2.17. The SMILES string of the molecule is CC(C)C.COc1cccc(B(O)O)c1. The van der Waals surface area contributed by atoms with Gasteiger partial charge in [-0.1, -0.05) is 32.9 Å². The fraction of sp³-hybridized carbons (Fsp3) is 0.455. The molecule has 1 aromatic rings. The second kappa shape index (κ2) is 7.32. The molecule has 0 aromatic heterocycles. The molecule has 0 spiro atoms. The predicted molar refractivity (Wildman–Crippen MR) is 63.3 cm³/mol. The standard InChI is InChI=1S/C7H9BO3.C4H10/c1-11-7-4-2-3-6(5-7)8(9)10;1-4(2)3/h2-5,9-10H,1H3;4H,1-3H3. The van der Waals surface area contributed by atoms with Gasteiger partial charge in [0.05, 0.1) is 7.11 Å². The molecule has 0 amide bonds. The topological polar surface area (TPSA) is 49.7 Å². The highest BCUT2D eigenvalue weighted by molar-refractivity contribution is 6.58. The Balaban J connectivity index is 0.000000423. The lowest BCUT2D eigenvalue weighted by atomic mass is 9.80. The summed E-state index contributed by atoms with van der Waals surface area (Å²) in [6, 6.07) is 6.64. The van der Waals surface area contributed by atoms with E-state index in [1.807, 2.05) is 0 Å². The fourth-order valence-electron chi connectivity index (χ4n) is 0.802. The Hall–Kier alpha value is -0.995. The highest BCUT2D eigenvalue weighted by Crippen LogP contribution is 2.05. The maximum absolute atomic E-state index is 8.74. The summed E-state index contributed by atoms with van der Waals surface area (Å²) in [6.07, 6.45) is 0. The molecule has 3 nitrogen and oxygen atoms in total. The molecule has 1 aromatic carbocycles. The van der Waals surface area contributed by atoms with Gasteiger partial charge in [-0.3, -0.25) is 0 Å². The first-order valence-electron chi connectivity index (χ1n) is 4.97. The first-order chi connectivity index (χ1) is 6.97. The summed E-state index contributed by atoms with van der Waals surface area (Å²) in [5, 5.41) is 17.5. The zero-order valence-corrected chi connectivity index (χ0v) is 9.77. The van der Waals surface area contributed by atoms with Crippen LogP contribution < -0.4 is 10.2 Å². The summed E-state index contributed by atoms with van der Waals surface area (Å²) in [4.78, 5) is 0. The van der Waals surface area contributed by atoms with Crippen LogP contribution in [0.5, 0.6) is 5.75 Å². The molecule has 0 aliphatic rings. The summed E-state index contributed by atoms with van der Waals surface area (Å²) >= 11 is 0. The number of hydrogen-bond acceptors (Lipinski definition) is 3. The van der Waals surface area contributed by atoms with Crippen molar-refractivity contribution in [2.45, 2.75) is 20.8 Å². The molecule has 0 fully saturated rings. The van der Waals surface area contributed by atoms with E-state index in [2.05, 4.69) is 20.8 Å². The monoisotopic (exact) mass is 210 g/mol. The van der Waals surface area contributed by atoms with E-state index >= 15 is 0 Å². The van der Waals surface area contributed by atoms with Crippen LogP contribution in [0.1, 0.15) is 20.8 Å². The van der Waals surface area contributed by atoms with Gasteiger partial charge in [0.1, 0.15) is 5.75 Å². The molecule has 0 aliphatic carbocycles. The van der Waals surface area contributed by atoms with Gasteiger partial charge >= 0.3 is 7.12 Å². The van der Waals surface area contributed by atoms with Crippen molar-refractivity contribution < 1.29 is 14.8 Å². The average molecular weight is 210 g/mol. The number of hydrogen-bond donors (Lipinski definition) is 2. The molecule has 15 heavy (non-hydrogen) atoms. The molecular weight excluding hydrogens is 191 g/mol. The van der Waals surface area contributed by atoms with Gasteiger partial charge in [0.15, 0.2) is 0 Å². The Morgan fingerprint density at radius 3 is 2.13 bits per heavy atom. The fourth-order valence-corrected chi connectivity index (χ4v) is 0.802. The normalized spacial score (nSPS) is 9.27. The molecule has 84 valence electrons. The molecule has 0 aliphatic heterocycles. The highest BCUT2D eigenvalue weighted by atomic mass is 16.5. The molecule has 4 heteroatoms. The van der Waals surface area contributed by atoms with Crippen LogP contribution in [0.15, 0.2) is 24.3 Å². The van der Waals surface area contributed by atoms with E-state index < -0.39 is 7.12 Å². The summed E-state index contributed by atoms with van der Waals surface area (Å²) in [5.41, 5.74) is 0.435. The summed E-state index contributed by atoms with van der Waals surface area (Å²) in [5.74, 6) is 1.45. The maximum Gasteiger partial charge on any atom is 0.488 e. The van der Waals surface area contributed by atoms with E-state index in [9.17, 15) is 0 Å². The third kappa shape index (κ3) is 7.00. The highest BCUT2D eigenvalue weighted by Gasteiger charge is 2.10. The van der Waals surface area contributed by atoms with Gasteiger partial charge < -0.3 is 14.8 Å². The Kier molecular flexibility index (Phi) is 6.83. The Labute approximate surface area is 91.9 Å². The molecule has 1 rings (SSSR count). The van der Waals surface area contributed by atoms with E-state index in [-0.39, 0.29) is 0 Å². The lowest BCUT2D eigenvalue weighted by molar-refractivity contribution is 0.412. The molecule has 0 saturated carbocycles. The molecular formula is C11H19BO3. The van der Waals surface area contributed by atoms with Crippen molar-refractivity contribution in [3.05, 3.63) is 24.3 Å². The van der Waals surface area contributed by atoms with E-state index in [1.54, 1.807) is 24.3 Å². The molecule has 0 unspecified atom stereocenters. The van der Waals surface area contributed by atoms with E-state index in [0.717, 1.165) is 5.92 Å². The first kappa shape index (κ1) is 14.0. The van der Waals surface area contributed by atoms with Crippen molar-refractivity contribution >= 4 is 12.6 Å². The predicted octanol–water partition coefficient (Wildman–Crippen LogP) is 1.04. The second-order valence-electron chi connectivity index (χ2n) is 3.88. The van der Waals surface area contributed by atoms with Gasteiger partial charge in [0, 0.05) is 0 Å². The minimum atomic E-state index is -1.43. The van der Waals surface area contributed by atoms with Crippen molar-refractivity contribution in [2.24, 2.45) is 5.92 Å². The van der Waals surface area contributed by atoms with Crippen LogP contribution in [0.3, 0.4) is 0 Å². The van der Waals surface area contributed by atoms with E-state index in [4.69, 9.17) is 14.8 Å². The van der Waals surface area contributed by atoms with Gasteiger partial charge in [0.2, 0.25) is 0 Å². The van der Waals surface area contributed by atoms with Gasteiger partial charge in [-0.2, -0.15) is 0 Å². The van der Waals surface area contributed by atoms with Crippen LogP contribution >= 0.6 is 0 Å². The Morgan fingerprint density at radius 1 is 1.20 bits per heavy atom. The van der Waals surface area contributed by atoms with Gasteiger partial charge in [-0.25, -0.2) is 0 Å². The summed E-state index contributed by atoms with van der Waals surface area (Å²) < 4.78 is 4.88. The zero-order chi connectivity index (χ0) is 11.8. The second-order valence-corrected chi connectivity index (χ2v) is 3.88. The number of benzene rings is 1. The molecule has 0 bridgehead atoms. The molecule has 0 atom stereocenters. The van der Waals surface area contributed by atoms with Gasteiger partial charge in [-0.05, 0) is 23.5 Å². The number of rotatable bonds is 2. The van der Waals surface area contributed by atoms with Crippen LogP contribution in [-0.2, 0) is 0 Å². The van der Waals surface area contributed by atoms with Crippen LogP contribution in [0.25, 0.3) is 0 Å². The van der Waals surface area contributed by atoms with Gasteiger partial charge in [0.25, 0.3) is 0 Å².